The summed E-state index contributed by atoms with van der Waals surface area (Å²) in [6, 6.07) is 0. The maximum atomic E-state index is 12.7. The molecule has 0 saturated carbocycles. The van der Waals surface area contributed by atoms with E-state index in [9.17, 15) is 27.0 Å². The van der Waals surface area contributed by atoms with Gasteiger partial charge in [-0.25, -0.2) is 16.8 Å². The topological polar surface area (TPSA) is 153 Å². The molecule has 13 heteroatoms. The van der Waals surface area contributed by atoms with Gasteiger partial charge in [-0.05, 0) is 12.8 Å². The second-order valence-corrected chi connectivity index (χ2v) is 17.6. The van der Waals surface area contributed by atoms with Gasteiger partial charge in [-0.3, -0.25) is 0 Å². The number of aromatic nitrogens is 2. The number of hydrogen-bond donors (Lipinski definition) is 2. The van der Waals surface area contributed by atoms with Gasteiger partial charge in [-0.1, -0.05) is 141 Å². The molecule has 1 rings (SSSR count). The van der Waals surface area contributed by atoms with Gasteiger partial charge < -0.3 is 19.7 Å². The fourth-order valence-electron chi connectivity index (χ4n) is 5.02. The number of aliphatic hydroxyl groups is 2. The molecule has 266 valence electrons. The van der Waals surface area contributed by atoms with Gasteiger partial charge in [0.1, 0.15) is 0 Å². The standard InChI is InChI=1S/C32H62N2O8S3/c1-3-5-7-9-11-13-15-17-19-21-23-41-25-29(35)27-44(37,38)31-33-34-32(43-31)45(39,40)28-30(36)26-42-24-22-20-18-16-14-12-10-8-6-4-2/h29-30,35-36H,3-28H2,1-2H3. The highest BCUT2D eigenvalue weighted by Gasteiger charge is 2.29. The summed E-state index contributed by atoms with van der Waals surface area (Å²) in [5.41, 5.74) is 0. The minimum Gasteiger partial charge on any atom is -0.390 e. The van der Waals surface area contributed by atoms with E-state index in [1.54, 1.807) is 0 Å². The summed E-state index contributed by atoms with van der Waals surface area (Å²) in [7, 11) is -8.13. The SMILES string of the molecule is CCCCCCCCCCCCOCC(O)CS(=O)(=O)c1nnc(S(=O)(=O)CC(O)COCCCCCCCCCCCC)s1. The lowest BCUT2D eigenvalue weighted by molar-refractivity contribution is 0.0459. The summed E-state index contributed by atoms with van der Waals surface area (Å²) < 4.78 is 60.7. The van der Waals surface area contributed by atoms with E-state index in [0.29, 0.717) is 24.6 Å². The fraction of sp³-hybridized carbons (Fsp3) is 0.938. The van der Waals surface area contributed by atoms with Gasteiger partial charge in [0.15, 0.2) is 0 Å². The van der Waals surface area contributed by atoms with E-state index in [-0.39, 0.29) is 13.2 Å². The molecular weight excluding hydrogens is 637 g/mol. The van der Waals surface area contributed by atoms with Crippen LogP contribution in [-0.4, -0.2) is 87.4 Å². The molecule has 10 nitrogen and oxygen atoms in total. The van der Waals surface area contributed by atoms with Crippen LogP contribution >= 0.6 is 11.3 Å². The Labute approximate surface area is 277 Å². The summed E-state index contributed by atoms with van der Waals surface area (Å²) in [5, 5.41) is 27.5. The Morgan fingerprint density at radius 2 is 0.822 bits per heavy atom. The Hall–Kier alpha value is -0.700. The average Bonchev–Trinajstić information content (AvgIpc) is 3.51. The molecule has 1 aromatic rings. The van der Waals surface area contributed by atoms with Crippen LogP contribution in [0.3, 0.4) is 0 Å². The van der Waals surface area contributed by atoms with Crippen molar-refractivity contribution in [2.75, 3.05) is 37.9 Å². The van der Waals surface area contributed by atoms with Crippen molar-refractivity contribution in [1.82, 2.24) is 10.2 Å². The monoisotopic (exact) mass is 698 g/mol. The molecule has 45 heavy (non-hydrogen) atoms. The van der Waals surface area contributed by atoms with Crippen molar-refractivity contribution >= 4 is 31.0 Å². The molecule has 0 spiro atoms. The number of hydrogen-bond acceptors (Lipinski definition) is 11. The lowest BCUT2D eigenvalue weighted by Crippen LogP contribution is -2.26. The Balaban J connectivity index is 2.23. The van der Waals surface area contributed by atoms with Crippen LogP contribution < -0.4 is 0 Å². The van der Waals surface area contributed by atoms with Crippen LogP contribution in [0.5, 0.6) is 0 Å². The molecule has 0 aliphatic rings. The van der Waals surface area contributed by atoms with Crippen molar-refractivity contribution < 1.29 is 36.5 Å². The first-order valence-corrected chi connectivity index (χ1v) is 21.5. The van der Waals surface area contributed by atoms with Crippen LogP contribution in [-0.2, 0) is 29.1 Å². The number of aliphatic hydroxyl groups excluding tert-OH is 2. The largest absolute Gasteiger partial charge is 0.390 e. The molecule has 2 unspecified atom stereocenters. The molecule has 0 saturated heterocycles. The summed E-state index contributed by atoms with van der Waals surface area (Å²) in [5.74, 6) is -1.29. The van der Waals surface area contributed by atoms with Gasteiger partial charge in [-0.2, -0.15) is 0 Å². The molecule has 0 fully saturated rings. The third-order valence-electron chi connectivity index (χ3n) is 7.65. The lowest BCUT2D eigenvalue weighted by Gasteiger charge is -2.11. The van der Waals surface area contributed by atoms with Gasteiger partial charge >= 0.3 is 0 Å². The van der Waals surface area contributed by atoms with Crippen molar-refractivity contribution in [2.45, 2.75) is 163 Å². The second kappa shape index (κ2) is 26.3. The number of unbranched alkanes of at least 4 members (excludes halogenated alkanes) is 18. The normalized spacial score (nSPS) is 13.8. The zero-order valence-corrected chi connectivity index (χ0v) is 30.5. The summed E-state index contributed by atoms with van der Waals surface area (Å²) in [4.78, 5) is 0. The Bertz CT molecular complexity index is 970. The van der Waals surface area contributed by atoms with Crippen LogP contribution in [0.4, 0.5) is 0 Å². The number of ether oxygens (including phenoxy) is 2. The molecule has 1 heterocycles. The first kappa shape index (κ1) is 42.3. The number of rotatable bonds is 32. The fourth-order valence-corrected chi connectivity index (χ4v) is 9.21. The van der Waals surface area contributed by atoms with E-state index in [0.717, 1.165) is 38.5 Å². The highest BCUT2D eigenvalue weighted by Crippen LogP contribution is 2.23. The quantitative estimate of drug-likeness (QED) is 0.0779. The van der Waals surface area contributed by atoms with Gasteiger partial charge in [-0.15, -0.1) is 10.2 Å². The van der Waals surface area contributed by atoms with Gasteiger partial charge in [0.05, 0.1) is 36.9 Å². The predicted molar refractivity (Wildman–Crippen MR) is 181 cm³/mol. The Morgan fingerprint density at radius 3 is 1.13 bits per heavy atom. The number of nitrogens with zero attached hydrogens (tertiary/aromatic N) is 2. The van der Waals surface area contributed by atoms with Gasteiger partial charge in [0, 0.05) is 13.2 Å². The first-order valence-electron chi connectivity index (χ1n) is 17.4. The van der Waals surface area contributed by atoms with E-state index < -0.39 is 52.1 Å². The highest BCUT2D eigenvalue weighted by atomic mass is 32.3. The van der Waals surface area contributed by atoms with Crippen LogP contribution in [0.15, 0.2) is 8.68 Å². The molecule has 1 aromatic heterocycles. The Morgan fingerprint density at radius 1 is 0.533 bits per heavy atom. The van der Waals surface area contributed by atoms with Crippen molar-refractivity contribution in [3.63, 3.8) is 0 Å². The van der Waals surface area contributed by atoms with E-state index in [1.165, 1.54) is 89.9 Å². The maximum absolute atomic E-state index is 12.7. The van der Waals surface area contributed by atoms with E-state index in [4.69, 9.17) is 9.47 Å². The van der Waals surface area contributed by atoms with Gasteiger partial charge in [0.25, 0.3) is 0 Å². The third kappa shape index (κ3) is 21.7. The zero-order chi connectivity index (χ0) is 33.2. The van der Waals surface area contributed by atoms with E-state index in [1.807, 2.05) is 0 Å². The summed E-state index contributed by atoms with van der Waals surface area (Å²) in [6.07, 6.45) is 21.4. The van der Waals surface area contributed by atoms with Crippen molar-refractivity contribution in [2.24, 2.45) is 0 Å². The van der Waals surface area contributed by atoms with Crippen LogP contribution in [0.25, 0.3) is 0 Å². The van der Waals surface area contributed by atoms with Crippen LogP contribution in [0.1, 0.15) is 142 Å². The summed E-state index contributed by atoms with van der Waals surface area (Å²) in [6.45, 7) is 5.06. The van der Waals surface area contributed by atoms with Crippen LogP contribution in [0.2, 0.25) is 0 Å². The maximum Gasteiger partial charge on any atom is 0.233 e. The smallest absolute Gasteiger partial charge is 0.233 e. The van der Waals surface area contributed by atoms with E-state index in [2.05, 4.69) is 24.0 Å². The summed E-state index contributed by atoms with van der Waals surface area (Å²) >= 11 is 0.422. The highest BCUT2D eigenvalue weighted by molar-refractivity contribution is 7.95. The first-order chi connectivity index (χ1) is 21.6. The van der Waals surface area contributed by atoms with Crippen LogP contribution in [0, 0.1) is 0 Å². The van der Waals surface area contributed by atoms with Crippen molar-refractivity contribution in [3.05, 3.63) is 0 Å². The molecule has 2 atom stereocenters. The van der Waals surface area contributed by atoms with E-state index >= 15 is 0 Å². The Kier molecular flexibility index (Phi) is 24.7. The minimum atomic E-state index is -4.07. The third-order valence-corrected chi connectivity index (χ3v) is 13.1. The zero-order valence-electron chi connectivity index (χ0n) is 28.0. The molecule has 0 bridgehead atoms. The van der Waals surface area contributed by atoms with Crippen molar-refractivity contribution in [1.29, 1.82) is 0 Å². The minimum absolute atomic E-state index is 0.133. The number of sulfone groups is 2. The predicted octanol–water partition coefficient (Wildman–Crippen LogP) is 6.68. The molecule has 0 aliphatic heterocycles. The molecule has 0 radical (unpaired) electrons. The molecule has 2 N–H and O–H groups in total. The molecular formula is C32H62N2O8S3. The lowest BCUT2D eigenvalue weighted by atomic mass is 10.1. The second-order valence-electron chi connectivity index (χ2n) is 12.2. The molecule has 0 aliphatic carbocycles. The van der Waals surface area contributed by atoms with Gasteiger partial charge in [0.2, 0.25) is 28.4 Å². The van der Waals surface area contributed by atoms with Crippen molar-refractivity contribution in [3.8, 4) is 0 Å². The average molecular weight is 699 g/mol. The molecule has 0 amide bonds. The molecule has 0 aromatic carbocycles.